The Morgan fingerprint density at radius 2 is 2.09 bits per heavy atom. The normalized spacial score (nSPS) is 14.2. The third-order valence-electron chi connectivity index (χ3n) is 3.53. The lowest BCUT2D eigenvalue weighted by atomic mass is 9.99. The van der Waals surface area contributed by atoms with E-state index in [-0.39, 0.29) is 18.1 Å². The summed E-state index contributed by atoms with van der Waals surface area (Å²) < 4.78 is 37.7. The Hall–Kier alpha value is -1.18. The maximum Gasteiger partial charge on any atom is 0.239 e. The Kier molecular flexibility index (Phi) is 6.34. The van der Waals surface area contributed by atoms with E-state index >= 15 is 0 Å². The second-order valence-corrected chi connectivity index (χ2v) is 7.95. The van der Waals surface area contributed by atoms with Gasteiger partial charge in [-0.3, -0.25) is 4.79 Å². The van der Waals surface area contributed by atoms with Crippen molar-refractivity contribution in [3.63, 3.8) is 0 Å². The Morgan fingerprint density at radius 1 is 1.41 bits per heavy atom. The molecule has 1 aromatic carbocycles. The molecule has 0 aromatic heterocycles. The summed E-state index contributed by atoms with van der Waals surface area (Å²) in [5.74, 6) is -1.82. The van der Waals surface area contributed by atoms with E-state index in [1.165, 1.54) is 19.9 Å². The van der Waals surface area contributed by atoms with E-state index < -0.39 is 32.6 Å². The topological polar surface area (TPSA) is 75.3 Å². The largest absolute Gasteiger partial charge is 0.323 e. The summed E-state index contributed by atoms with van der Waals surface area (Å²) in [6, 6.07) is 3.22. The fourth-order valence-electron chi connectivity index (χ4n) is 2.17. The summed E-state index contributed by atoms with van der Waals surface area (Å²) in [5, 5.41) is 4.86. The molecule has 0 spiro atoms. The Balaban J connectivity index is 0.00000242. The average molecular weight is 351 g/mol. The van der Waals surface area contributed by atoms with Crippen molar-refractivity contribution in [1.29, 1.82) is 0 Å². The van der Waals surface area contributed by atoms with Gasteiger partial charge in [-0.25, -0.2) is 12.8 Å². The van der Waals surface area contributed by atoms with Gasteiger partial charge in [0.15, 0.2) is 9.84 Å². The zero-order valence-electron chi connectivity index (χ0n) is 12.5. The van der Waals surface area contributed by atoms with Crippen molar-refractivity contribution in [2.45, 2.75) is 32.1 Å². The molecule has 1 aromatic rings. The molecule has 1 aliphatic heterocycles. The van der Waals surface area contributed by atoms with Crippen LogP contribution in [0.15, 0.2) is 12.1 Å². The van der Waals surface area contributed by atoms with Gasteiger partial charge < -0.3 is 10.6 Å². The highest BCUT2D eigenvalue weighted by molar-refractivity contribution is 7.92. The highest BCUT2D eigenvalue weighted by Crippen LogP contribution is 2.24. The molecule has 1 heterocycles. The highest BCUT2D eigenvalue weighted by Gasteiger charge is 2.22. The predicted octanol–water partition coefficient (Wildman–Crippen LogP) is 1.65. The van der Waals surface area contributed by atoms with Gasteiger partial charge in [-0.15, -0.1) is 12.4 Å². The summed E-state index contributed by atoms with van der Waals surface area (Å²) in [7, 11) is -3.49. The summed E-state index contributed by atoms with van der Waals surface area (Å²) in [5.41, 5.74) is 1.49. The van der Waals surface area contributed by atoms with Crippen LogP contribution >= 0.6 is 12.4 Å². The van der Waals surface area contributed by atoms with Crippen LogP contribution in [-0.4, -0.2) is 31.9 Å². The first-order valence-electron chi connectivity index (χ1n) is 6.83. The number of fused-ring (bicyclic) bond motifs is 1. The lowest BCUT2D eigenvalue weighted by Crippen LogP contribution is -2.29. The van der Waals surface area contributed by atoms with Crippen molar-refractivity contribution in [3.05, 3.63) is 29.1 Å². The molecule has 0 bridgehead atoms. The monoisotopic (exact) mass is 350 g/mol. The van der Waals surface area contributed by atoms with Gasteiger partial charge in [0.2, 0.25) is 5.91 Å². The van der Waals surface area contributed by atoms with E-state index in [1.54, 1.807) is 6.07 Å². The third kappa shape index (κ3) is 4.18. The number of hydrogen-bond donors (Lipinski definition) is 2. The van der Waals surface area contributed by atoms with Crippen LogP contribution in [-0.2, 0) is 27.6 Å². The molecule has 1 amide bonds. The molecule has 2 rings (SSSR count). The molecule has 124 valence electrons. The van der Waals surface area contributed by atoms with Crippen LogP contribution in [0.5, 0.6) is 0 Å². The molecule has 22 heavy (non-hydrogen) atoms. The second-order valence-electron chi connectivity index (χ2n) is 5.40. The van der Waals surface area contributed by atoms with Gasteiger partial charge in [-0.1, -0.05) is 6.07 Å². The van der Waals surface area contributed by atoms with Crippen molar-refractivity contribution in [3.8, 4) is 0 Å². The maximum absolute atomic E-state index is 14.3. The van der Waals surface area contributed by atoms with Gasteiger partial charge in [0, 0.05) is 6.54 Å². The molecule has 0 unspecified atom stereocenters. The first-order valence-corrected chi connectivity index (χ1v) is 8.55. The zero-order chi connectivity index (χ0) is 15.6. The van der Waals surface area contributed by atoms with Gasteiger partial charge in [0.25, 0.3) is 0 Å². The van der Waals surface area contributed by atoms with Gasteiger partial charge in [0.1, 0.15) is 11.6 Å². The van der Waals surface area contributed by atoms with Gasteiger partial charge in [-0.05, 0) is 44.0 Å². The van der Waals surface area contributed by atoms with Crippen molar-refractivity contribution in [2.24, 2.45) is 0 Å². The molecule has 0 aliphatic carbocycles. The highest BCUT2D eigenvalue weighted by atomic mass is 35.5. The number of carbonyl (C=O) groups excluding carboxylic acids is 1. The van der Waals surface area contributed by atoms with Crippen LogP contribution in [0.25, 0.3) is 0 Å². The van der Waals surface area contributed by atoms with Crippen molar-refractivity contribution < 1.29 is 17.6 Å². The number of anilines is 1. The number of rotatable bonds is 4. The van der Waals surface area contributed by atoms with Gasteiger partial charge in [0.05, 0.1) is 10.9 Å². The lowest BCUT2D eigenvalue weighted by molar-refractivity contribution is -0.113. The van der Waals surface area contributed by atoms with Crippen LogP contribution < -0.4 is 10.6 Å². The Morgan fingerprint density at radius 3 is 2.73 bits per heavy atom. The summed E-state index contributed by atoms with van der Waals surface area (Å²) in [6.07, 6.45) is 0.551. The minimum absolute atomic E-state index is 0. The smallest absolute Gasteiger partial charge is 0.239 e. The molecule has 5 nitrogen and oxygen atoms in total. The Bertz CT molecular complexity index is 662. The number of carbonyl (C=O) groups is 1. The minimum atomic E-state index is -3.49. The molecule has 0 fully saturated rings. The summed E-state index contributed by atoms with van der Waals surface area (Å²) >= 11 is 0. The number of sulfone groups is 1. The minimum Gasteiger partial charge on any atom is -0.323 e. The molecule has 0 atom stereocenters. The number of benzene rings is 1. The summed E-state index contributed by atoms with van der Waals surface area (Å²) in [6.45, 7) is 4.30. The number of amides is 1. The fourth-order valence-corrected chi connectivity index (χ4v) is 2.94. The first-order chi connectivity index (χ1) is 9.81. The van der Waals surface area contributed by atoms with Crippen molar-refractivity contribution in [2.75, 3.05) is 17.6 Å². The van der Waals surface area contributed by atoms with Crippen molar-refractivity contribution >= 4 is 33.8 Å². The average Bonchev–Trinajstić information content (AvgIpc) is 2.41. The second kappa shape index (κ2) is 7.39. The van der Waals surface area contributed by atoms with Crippen LogP contribution in [0.3, 0.4) is 0 Å². The lowest BCUT2D eigenvalue weighted by Gasteiger charge is -2.19. The van der Waals surface area contributed by atoms with Gasteiger partial charge in [-0.2, -0.15) is 0 Å². The maximum atomic E-state index is 14.3. The standard InChI is InChI=1S/C14H19FN2O3S.ClH/c1-9(2)21(19,20)8-13(18)17-12-4-3-10-7-16-6-5-11(10)14(12)15;/h3-4,9,16H,5-8H2,1-2H3,(H,17,18);1H. The van der Waals surface area contributed by atoms with Crippen LogP contribution in [0.2, 0.25) is 0 Å². The van der Waals surface area contributed by atoms with E-state index in [4.69, 9.17) is 0 Å². The third-order valence-corrected chi connectivity index (χ3v) is 5.63. The van der Waals surface area contributed by atoms with Crippen LogP contribution in [0.4, 0.5) is 10.1 Å². The molecule has 1 aliphatic rings. The zero-order valence-corrected chi connectivity index (χ0v) is 14.1. The van der Waals surface area contributed by atoms with E-state index in [1.807, 2.05) is 0 Å². The Labute approximate surface area is 136 Å². The van der Waals surface area contributed by atoms with Crippen LogP contribution in [0, 0.1) is 5.82 Å². The fraction of sp³-hybridized carbons (Fsp3) is 0.500. The van der Waals surface area contributed by atoms with Crippen LogP contribution in [0.1, 0.15) is 25.0 Å². The molecular formula is C14H20ClFN2O3S. The number of nitrogens with one attached hydrogen (secondary N) is 2. The van der Waals surface area contributed by atoms with Gasteiger partial charge >= 0.3 is 0 Å². The predicted molar refractivity (Wildman–Crippen MR) is 86.6 cm³/mol. The van der Waals surface area contributed by atoms with E-state index in [9.17, 15) is 17.6 Å². The summed E-state index contributed by atoms with van der Waals surface area (Å²) in [4.78, 5) is 11.8. The number of halogens is 2. The quantitative estimate of drug-likeness (QED) is 0.866. The molecule has 0 saturated carbocycles. The SMILES string of the molecule is CC(C)S(=O)(=O)CC(=O)Nc1ccc2c(c1F)CCNC2.Cl. The molecule has 8 heteroatoms. The van der Waals surface area contributed by atoms with Crippen molar-refractivity contribution in [1.82, 2.24) is 5.32 Å². The molecule has 2 N–H and O–H groups in total. The van der Waals surface area contributed by atoms with E-state index in [0.717, 1.165) is 5.56 Å². The number of hydrogen-bond acceptors (Lipinski definition) is 4. The molecule has 0 saturated heterocycles. The van der Waals surface area contributed by atoms with E-state index in [0.29, 0.717) is 25.1 Å². The molecular weight excluding hydrogens is 331 g/mol. The molecule has 0 radical (unpaired) electrons. The van der Waals surface area contributed by atoms with E-state index in [2.05, 4.69) is 10.6 Å². The first kappa shape index (κ1) is 18.9.